The van der Waals surface area contributed by atoms with Crippen molar-refractivity contribution in [3.8, 4) is 5.75 Å². The molecule has 0 aliphatic rings. The topological polar surface area (TPSA) is 76.5 Å². The Morgan fingerprint density at radius 3 is 2.90 bits per heavy atom. The SMILES string of the molecule is COCCc1nsc(Nc2ccc(OCCO)c(C)c2)n1. The summed E-state index contributed by atoms with van der Waals surface area (Å²) in [6, 6.07) is 5.76. The van der Waals surface area contributed by atoms with Gasteiger partial charge in [0.1, 0.15) is 18.2 Å². The molecule has 0 bridgehead atoms. The fourth-order valence-corrected chi connectivity index (χ4v) is 2.40. The second kappa shape index (κ2) is 7.92. The monoisotopic (exact) mass is 309 g/mol. The molecule has 0 unspecified atom stereocenters. The van der Waals surface area contributed by atoms with Crippen LogP contribution in [0.3, 0.4) is 0 Å². The lowest BCUT2D eigenvalue weighted by Gasteiger charge is -2.09. The highest BCUT2D eigenvalue weighted by Gasteiger charge is 2.06. The van der Waals surface area contributed by atoms with Crippen LogP contribution in [-0.4, -0.2) is 41.4 Å². The van der Waals surface area contributed by atoms with E-state index in [0.717, 1.165) is 28.0 Å². The molecule has 0 radical (unpaired) electrons. The lowest BCUT2D eigenvalue weighted by atomic mass is 10.2. The first-order chi connectivity index (χ1) is 10.2. The second-order valence-electron chi connectivity index (χ2n) is 4.44. The third-order valence-corrected chi connectivity index (χ3v) is 3.44. The third kappa shape index (κ3) is 4.66. The Kier molecular flexibility index (Phi) is 5.91. The van der Waals surface area contributed by atoms with Crippen molar-refractivity contribution < 1.29 is 14.6 Å². The van der Waals surface area contributed by atoms with Crippen LogP contribution < -0.4 is 10.1 Å². The first-order valence-electron chi connectivity index (χ1n) is 6.66. The number of rotatable bonds is 8. The van der Waals surface area contributed by atoms with E-state index in [1.54, 1.807) is 7.11 Å². The average Bonchev–Trinajstić information content (AvgIpc) is 2.92. The number of anilines is 2. The number of aliphatic hydroxyl groups excluding tert-OH is 1. The molecule has 114 valence electrons. The zero-order valence-electron chi connectivity index (χ0n) is 12.1. The summed E-state index contributed by atoms with van der Waals surface area (Å²) in [6.45, 7) is 2.88. The minimum absolute atomic E-state index is 0.00841. The molecule has 0 saturated heterocycles. The summed E-state index contributed by atoms with van der Waals surface area (Å²) in [6.07, 6.45) is 0.710. The van der Waals surface area contributed by atoms with Crippen LogP contribution in [0, 0.1) is 6.92 Å². The number of benzene rings is 1. The van der Waals surface area contributed by atoms with Crippen LogP contribution in [0.1, 0.15) is 11.4 Å². The van der Waals surface area contributed by atoms with Gasteiger partial charge in [0.25, 0.3) is 0 Å². The molecule has 0 aliphatic heterocycles. The maximum Gasteiger partial charge on any atom is 0.207 e. The van der Waals surface area contributed by atoms with Crippen molar-refractivity contribution in [2.24, 2.45) is 0 Å². The van der Waals surface area contributed by atoms with E-state index in [4.69, 9.17) is 14.6 Å². The molecule has 7 heteroatoms. The van der Waals surface area contributed by atoms with Gasteiger partial charge in [0.2, 0.25) is 5.13 Å². The summed E-state index contributed by atoms with van der Waals surface area (Å²) in [5.74, 6) is 1.55. The predicted molar refractivity (Wildman–Crippen MR) is 82.5 cm³/mol. The molecule has 1 heterocycles. The zero-order chi connectivity index (χ0) is 15.1. The van der Waals surface area contributed by atoms with Gasteiger partial charge in [0.05, 0.1) is 13.2 Å². The van der Waals surface area contributed by atoms with Crippen molar-refractivity contribution in [1.29, 1.82) is 0 Å². The molecule has 2 aromatic rings. The maximum absolute atomic E-state index is 8.77. The van der Waals surface area contributed by atoms with Gasteiger partial charge in [-0.3, -0.25) is 0 Å². The number of aromatic nitrogens is 2. The lowest BCUT2D eigenvalue weighted by Crippen LogP contribution is -2.03. The van der Waals surface area contributed by atoms with Crippen LogP contribution in [0.25, 0.3) is 0 Å². The van der Waals surface area contributed by atoms with E-state index in [1.165, 1.54) is 11.5 Å². The first-order valence-corrected chi connectivity index (χ1v) is 7.43. The van der Waals surface area contributed by atoms with Crippen LogP contribution in [0.4, 0.5) is 10.8 Å². The maximum atomic E-state index is 8.77. The Bertz CT molecular complexity index is 574. The number of nitrogens with zero attached hydrogens (tertiary/aromatic N) is 2. The average molecular weight is 309 g/mol. The van der Waals surface area contributed by atoms with E-state index < -0.39 is 0 Å². The molecule has 2 N–H and O–H groups in total. The van der Waals surface area contributed by atoms with Crippen molar-refractivity contribution in [3.63, 3.8) is 0 Å². The molecule has 2 rings (SSSR count). The summed E-state index contributed by atoms with van der Waals surface area (Å²) in [5, 5.41) is 12.7. The number of nitrogens with one attached hydrogen (secondary N) is 1. The lowest BCUT2D eigenvalue weighted by molar-refractivity contribution is 0.200. The van der Waals surface area contributed by atoms with E-state index >= 15 is 0 Å². The molecule has 1 aromatic carbocycles. The minimum atomic E-state index is 0.00841. The number of ether oxygens (including phenoxy) is 2. The Labute approximate surface area is 127 Å². The van der Waals surface area contributed by atoms with E-state index in [9.17, 15) is 0 Å². The molecule has 1 aromatic heterocycles. The van der Waals surface area contributed by atoms with Gasteiger partial charge in [-0.05, 0) is 30.7 Å². The van der Waals surface area contributed by atoms with Crippen molar-refractivity contribution in [3.05, 3.63) is 29.6 Å². The summed E-state index contributed by atoms with van der Waals surface area (Å²) in [5.41, 5.74) is 1.93. The van der Waals surface area contributed by atoms with Gasteiger partial charge in [-0.2, -0.15) is 4.37 Å². The molecule has 0 amide bonds. The highest BCUT2D eigenvalue weighted by molar-refractivity contribution is 7.09. The molecular formula is C14H19N3O3S. The molecule has 0 saturated carbocycles. The van der Waals surface area contributed by atoms with Crippen molar-refractivity contribution in [2.45, 2.75) is 13.3 Å². The molecule has 0 aliphatic carbocycles. The smallest absolute Gasteiger partial charge is 0.207 e. The normalized spacial score (nSPS) is 10.6. The summed E-state index contributed by atoms with van der Waals surface area (Å²) in [7, 11) is 1.66. The van der Waals surface area contributed by atoms with Crippen LogP contribution in [0.15, 0.2) is 18.2 Å². The second-order valence-corrected chi connectivity index (χ2v) is 5.19. The summed E-state index contributed by atoms with van der Waals surface area (Å²) >= 11 is 1.33. The largest absolute Gasteiger partial charge is 0.491 e. The fourth-order valence-electron chi connectivity index (χ4n) is 1.77. The van der Waals surface area contributed by atoms with Gasteiger partial charge in [0, 0.05) is 30.8 Å². The van der Waals surface area contributed by atoms with Crippen LogP contribution in [0.5, 0.6) is 5.75 Å². The fraction of sp³-hybridized carbons (Fsp3) is 0.429. The van der Waals surface area contributed by atoms with E-state index in [0.29, 0.717) is 19.6 Å². The number of aliphatic hydroxyl groups is 1. The van der Waals surface area contributed by atoms with Gasteiger partial charge < -0.3 is 19.9 Å². The van der Waals surface area contributed by atoms with Gasteiger partial charge in [0.15, 0.2) is 0 Å². The van der Waals surface area contributed by atoms with Crippen molar-refractivity contribution >= 4 is 22.4 Å². The third-order valence-electron chi connectivity index (χ3n) is 2.77. The Hall–Kier alpha value is -1.70. The number of hydrogen-bond acceptors (Lipinski definition) is 7. The van der Waals surface area contributed by atoms with Crippen molar-refractivity contribution in [1.82, 2.24) is 9.36 Å². The van der Waals surface area contributed by atoms with E-state index in [-0.39, 0.29) is 6.61 Å². The molecular weight excluding hydrogens is 290 g/mol. The summed E-state index contributed by atoms with van der Waals surface area (Å²) < 4.78 is 14.7. The number of aryl methyl sites for hydroxylation is 1. The molecule has 0 spiro atoms. The van der Waals surface area contributed by atoms with Gasteiger partial charge >= 0.3 is 0 Å². The molecule has 0 atom stereocenters. The van der Waals surface area contributed by atoms with E-state index in [2.05, 4.69) is 14.7 Å². The highest BCUT2D eigenvalue weighted by atomic mass is 32.1. The van der Waals surface area contributed by atoms with Crippen LogP contribution in [0.2, 0.25) is 0 Å². The number of methoxy groups -OCH3 is 1. The first kappa shape index (κ1) is 15.7. The van der Waals surface area contributed by atoms with Crippen molar-refractivity contribution in [2.75, 3.05) is 32.2 Å². The Balaban J connectivity index is 1.99. The van der Waals surface area contributed by atoms with E-state index in [1.807, 2.05) is 25.1 Å². The standard InChI is InChI=1S/C14H19N3O3S/c1-10-9-11(3-4-12(10)20-8-6-18)15-14-16-13(17-21-14)5-7-19-2/h3-4,9,18H,5-8H2,1-2H3,(H,15,16,17). The Morgan fingerprint density at radius 1 is 1.33 bits per heavy atom. The Morgan fingerprint density at radius 2 is 2.19 bits per heavy atom. The quantitative estimate of drug-likeness (QED) is 0.778. The molecule has 0 fully saturated rings. The van der Waals surface area contributed by atoms with Gasteiger partial charge in [-0.1, -0.05) is 0 Å². The van der Waals surface area contributed by atoms with Crippen LogP contribution in [-0.2, 0) is 11.2 Å². The number of hydrogen-bond donors (Lipinski definition) is 2. The minimum Gasteiger partial charge on any atom is -0.491 e. The predicted octanol–water partition coefficient (Wildman–Crippen LogP) is 2.15. The molecule has 21 heavy (non-hydrogen) atoms. The highest BCUT2D eigenvalue weighted by Crippen LogP contribution is 2.25. The zero-order valence-corrected chi connectivity index (χ0v) is 12.9. The van der Waals surface area contributed by atoms with Gasteiger partial charge in [-0.25, -0.2) is 4.98 Å². The van der Waals surface area contributed by atoms with Crippen LogP contribution >= 0.6 is 11.5 Å². The molecule has 6 nitrogen and oxygen atoms in total. The van der Waals surface area contributed by atoms with Gasteiger partial charge in [-0.15, -0.1) is 0 Å². The summed E-state index contributed by atoms with van der Waals surface area (Å²) in [4.78, 5) is 4.40.